The number of nitrogens with two attached hydrogens (primary N) is 1. The number of benzene rings is 1. The number of pyridine rings is 2. The molecular formula is C20H19N5O4S. The third-order valence-electron chi connectivity index (χ3n) is 4.96. The van der Waals surface area contributed by atoms with Crippen LogP contribution >= 0.6 is 0 Å². The molecule has 4 N–H and O–H groups in total. The molecule has 10 heteroatoms. The van der Waals surface area contributed by atoms with Gasteiger partial charge in [0.25, 0.3) is 5.91 Å². The smallest absolute Gasteiger partial charge is 0.265 e. The largest absolute Gasteiger partial charge is 0.385 e. The number of nitrogens with zero attached hydrogens (tertiary/aromatic N) is 3. The van der Waals surface area contributed by atoms with E-state index in [1.165, 1.54) is 28.8 Å². The highest BCUT2D eigenvalue weighted by molar-refractivity contribution is 7.89. The van der Waals surface area contributed by atoms with Crippen molar-refractivity contribution in [3.63, 3.8) is 0 Å². The van der Waals surface area contributed by atoms with Crippen LogP contribution in [0.25, 0.3) is 0 Å². The van der Waals surface area contributed by atoms with Gasteiger partial charge in [0.05, 0.1) is 22.3 Å². The summed E-state index contributed by atoms with van der Waals surface area (Å²) in [6.45, 7) is 0.0212. The molecule has 2 unspecified atom stereocenters. The third-order valence-corrected chi connectivity index (χ3v) is 6.87. The van der Waals surface area contributed by atoms with Crippen molar-refractivity contribution in [3.05, 3.63) is 89.5 Å². The minimum absolute atomic E-state index is 0.00208. The molecule has 0 aliphatic carbocycles. The normalized spacial score (nSPS) is 17.1. The molecule has 9 nitrogen and oxygen atoms in total. The maximum absolute atomic E-state index is 13.4. The second kappa shape index (κ2) is 7.92. The average molecular weight is 425 g/mol. The molecule has 0 saturated carbocycles. The van der Waals surface area contributed by atoms with Gasteiger partial charge in [0.1, 0.15) is 6.10 Å². The van der Waals surface area contributed by atoms with Gasteiger partial charge in [-0.05, 0) is 42.0 Å². The first-order valence-electron chi connectivity index (χ1n) is 9.09. The van der Waals surface area contributed by atoms with Gasteiger partial charge in [0.15, 0.2) is 0 Å². The molecule has 1 aliphatic rings. The van der Waals surface area contributed by atoms with E-state index in [2.05, 4.69) is 9.97 Å². The van der Waals surface area contributed by atoms with Crippen molar-refractivity contribution >= 4 is 15.9 Å². The maximum atomic E-state index is 13.4. The van der Waals surface area contributed by atoms with E-state index in [1.807, 2.05) is 5.43 Å². The standard InChI is InChI=1S/C20H19N5O4S/c21-24-20(27)13-7-8-14-12-25(30(28,29)17(14)11-13)18(15-5-1-3-9-22-15)19(26)16-6-2-4-10-23-16/h1-11,18-19,26H,12,21H2,(H,24,27). The zero-order valence-electron chi connectivity index (χ0n) is 15.7. The van der Waals surface area contributed by atoms with Crippen molar-refractivity contribution in [2.75, 3.05) is 0 Å². The number of hydrazine groups is 1. The van der Waals surface area contributed by atoms with Crippen molar-refractivity contribution in [3.8, 4) is 0 Å². The van der Waals surface area contributed by atoms with Crippen LogP contribution in [0, 0.1) is 0 Å². The van der Waals surface area contributed by atoms with Crippen molar-refractivity contribution in [1.82, 2.24) is 19.7 Å². The molecule has 2 atom stereocenters. The molecule has 3 heterocycles. The summed E-state index contributed by atoms with van der Waals surface area (Å²) < 4.78 is 28.0. The lowest BCUT2D eigenvalue weighted by atomic mass is 10.0. The predicted molar refractivity (Wildman–Crippen MR) is 107 cm³/mol. The van der Waals surface area contributed by atoms with E-state index in [-0.39, 0.29) is 17.0 Å². The number of nitrogens with one attached hydrogen (secondary N) is 1. The first kappa shape index (κ1) is 20.1. The van der Waals surface area contributed by atoms with Crippen LogP contribution in [0.2, 0.25) is 0 Å². The summed E-state index contributed by atoms with van der Waals surface area (Å²) in [5.74, 6) is 4.57. The van der Waals surface area contributed by atoms with Crippen LogP contribution in [-0.4, -0.2) is 33.7 Å². The number of aromatic nitrogens is 2. The Bertz CT molecular complexity index is 1170. The summed E-state index contributed by atoms with van der Waals surface area (Å²) in [6, 6.07) is 13.5. The van der Waals surface area contributed by atoms with Gasteiger partial charge in [-0.15, -0.1) is 0 Å². The fourth-order valence-electron chi connectivity index (χ4n) is 3.51. The van der Waals surface area contributed by atoms with Gasteiger partial charge in [0, 0.05) is 24.5 Å². The number of hydrogen-bond acceptors (Lipinski definition) is 7. The fraction of sp³-hybridized carbons (Fsp3) is 0.150. The minimum Gasteiger partial charge on any atom is -0.385 e. The monoisotopic (exact) mass is 425 g/mol. The molecule has 0 saturated heterocycles. The highest BCUT2D eigenvalue weighted by Crippen LogP contribution is 2.42. The molecule has 3 aromatic rings. The number of rotatable bonds is 5. The van der Waals surface area contributed by atoms with Crippen LogP contribution in [0.1, 0.15) is 39.5 Å². The second-order valence-electron chi connectivity index (χ2n) is 6.75. The number of fused-ring (bicyclic) bond motifs is 1. The molecule has 0 radical (unpaired) electrons. The summed E-state index contributed by atoms with van der Waals surface area (Å²) in [5, 5.41) is 11.1. The number of aliphatic hydroxyl groups is 1. The first-order chi connectivity index (χ1) is 14.4. The van der Waals surface area contributed by atoms with Crippen molar-refractivity contribution in [1.29, 1.82) is 0 Å². The van der Waals surface area contributed by atoms with Crippen LogP contribution in [0.3, 0.4) is 0 Å². The maximum Gasteiger partial charge on any atom is 0.265 e. The Morgan fingerprint density at radius 2 is 1.73 bits per heavy atom. The van der Waals surface area contributed by atoms with Crippen LogP contribution in [0.5, 0.6) is 0 Å². The van der Waals surface area contributed by atoms with Gasteiger partial charge < -0.3 is 5.11 Å². The summed E-state index contributed by atoms with van der Waals surface area (Å²) in [6.07, 6.45) is 1.81. The Morgan fingerprint density at radius 1 is 1.07 bits per heavy atom. The number of carbonyl (C=O) groups excluding carboxylic acids is 1. The van der Waals surface area contributed by atoms with E-state index in [0.717, 1.165) is 0 Å². The Labute approximate surface area is 173 Å². The first-order valence-corrected chi connectivity index (χ1v) is 10.5. The number of carbonyl (C=O) groups is 1. The SMILES string of the molecule is NNC(=O)c1ccc2c(c1)S(=O)(=O)N(C(c1ccccn1)C(O)c1ccccn1)C2. The predicted octanol–water partition coefficient (Wildman–Crippen LogP) is 1.06. The topological polar surface area (TPSA) is 139 Å². The highest BCUT2D eigenvalue weighted by Gasteiger charge is 2.44. The molecular weight excluding hydrogens is 406 g/mol. The van der Waals surface area contributed by atoms with E-state index >= 15 is 0 Å². The van der Waals surface area contributed by atoms with Crippen LogP contribution in [0.4, 0.5) is 0 Å². The number of nitrogen functional groups attached to an aromatic ring is 1. The quantitative estimate of drug-likeness (QED) is 0.316. The van der Waals surface area contributed by atoms with Gasteiger partial charge >= 0.3 is 0 Å². The van der Waals surface area contributed by atoms with Gasteiger partial charge in [-0.3, -0.25) is 20.2 Å². The van der Waals surface area contributed by atoms with Crippen LogP contribution in [-0.2, 0) is 16.6 Å². The lowest BCUT2D eigenvalue weighted by molar-refractivity contribution is 0.0827. The van der Waals surface area contributed by atoms with E-state index in [9.17, 15) is 18.3 Å². The molecule has 2 aromatic heterocycles. The van der Waals surface area contributed by atoms with Gasteiger partial charge in [0.2, 0.25) is 10.0 Å². The fourth-order valence-corrected chi connectivity index (χ4v) is 5.33. The van der Waals surface area contributed by atoms with Crippen molar-refractivity contribution in [2.24, 2.45) is 5.84 Å². The van der Waals surface area contributed by atoms with Gasteiger partial charge in [-0.25, -0.2) is 14.3 Å². The number of sulfonamides is 1. The van der Waals surface area contributed by atoms with Gasteiger partial charge in [-0.2, -0.15) is 4.31 Å². The number of hydrogen-bond donors (Lipinski definition) is 3. The second-order valence-corrected chi connectivity index (χ2v) is 8.60. The molecule has 0 bridgehead atoms. The number of amides is 1. The molecule has 1 aromatic carbocycles. The molecule has 30 heavy (non-hydrogen) atoms. The highest BCUT2D eigenvalue weighted by atomic mass is 32.2. The van der Waals surface area contributed by atoms with E-state index in [0.29, 0.717) is 17.0 Å². The lowest BCUT2D eigenvalue weighted by Crippen LogP contribution is -2.34. The molecule has 1 amide bonds. The minimum atomic E-state index is -4.03. The Balaban J connectivity index is 1.81. The molecule has 0 fully saturated rings. The van der Waals surface area contributed by atoms with Crippen LogP contribution < -0.4 is 11.3 Å². The molecule has 154 valence electrons. The lowest BCUT2D eigenvalue weighted by Gasteiger charge is -2.29. The Hall–Kier alpha value is -3.18. The van der Waals surface area contributed by atoms with Gasteiger partial charge in [-0.1, -0.05) is 18.2 Å². The average Bonchev–Trinajstić information content (AvgIpc) is 3.04. The van der Waals surface area contributed by atoms with Crippen molar-refractivity contribution in [2.45, 2.75) is 23.6 Å². The van der Waals surface area contributed by atoms with Crippen molar-refractivity contribution < 1.29 is 18.3 Å². The summed E-state index contributed by atoms with van der Waals surface area (Å²) in [4.78, 5) is 20.3. The summed E-state index contributed by atoms with van der Waals surface area (Å²) >= 11 is 0. The molecule has 1 aliphatic heterocycles. The van der Waals surface area contributed by atoms with Crippen LogP contribution in [0.15, 0.2) is 71.9 Å². The van der Waals surface area contributed by atoms with E-state index < -0.39 is 28.1 Å². The Kier molecular flexibility index (Phi) is 5.31. The molecule has 4 rings (SSSR count). The molecule has 0 spiro atoms. The van der Waals surface area contributed by atoms with E-state index in [1.54, 1.807) is 42.5 Å². The zero-order chi connectivity index (χ0) is 21.3. The summed E-state index contributed by atoms with van der Waals surface area (Å²) in [5.41, 5.74) is 3.33. The third kappa shape index (κ3) is 3.46. The zero-order valence-corrected chi connectivity index (χ0v) is 16.5. The number of aliphatic hydroxyl groups excluding tert-OH is 1. The van der Waals surface area contributed by atoms with E-state index in [4.69, 9.17) is 5.84 Å². The summed E-state index contributed by atoms with van der Waals surface area (Å²) in [7, 11) is -4.03. The Morgan fingerprint density at radius 3 is 2.33 bits per heavy atom.